The van der Waals surface area contributed by atoms with Crippen LogP contribution in [-0.2, 0) is 0 Å². The predicted molar refractivity (Wildman–Crippen MR) is 67.0 cm³/mol. The van der Waals surface area contributed by atoms with Crippen molar-refractivity contribution in [1.82, 2.24) is 9.97 Å². The van der Waals surface area contributed by atoms with Gasteiger partial charge in [-0.1, -0.05) is 6.92 Å². The zero-order valence-electron chi connectivity index (χ0n) is 10.3. The summed E-state index contributed by atoms with van der Waals surface area (Å²) >= 11 is 0. The molecule has 1 heterocycles. The van der Waals surface area contributed by atoms with Crippen molar-refractivity contribution in [3.63, 3.8) is 0 Å². The fourth-order valence-corrected chi connectivity index (χ4v) is 1.73. The second-order valence-electron chi connectivity index (χ2n) is 4.43. The van der Waals surface area contributed by atoms with E-state index in [4.69, 9.17) is 0 Å². The Balaban J connectivity index is 2.14. The van der Waals surface area contributed by atoms with E-state index in [1.165, 1.54) is 12.8 Å². The highest BCUT2D eigenvalue weighted by Crippen LogP contribution is 2.29. The highest BCUT2D eigenvalue weighted by Gasteiger charge is 2.27. The van der Waals surface area contributed by atoms with E-state index in [1.807, 2.05) is 13.0 Å². The minimum absolute atomic E-state index is 0.688. The zero-order chi connectivity index (χ0) is 11.5. The lowest BCUT2D eigenvalue weighted by Gasteiger charge is -2.18. The third kappa shape index (κ3) is 2.62. The molecule has 16 heavy (non-hydrogen) atoms. The van der Waals surface area contributed by atoms with Gasteiger partial charge in [-0.2, -0.15) is 0 Å². The van der Waals surface area contributed by atoms with Crippen LogP contribution in [0.3, 0.4) is 0 Å². The van der Waals surface area contributed by atoms with Crippen LogP contribution in [0.4, 0.5) is 11.6 Å². The van der Waals surface area contributed by atoms with Crippen molar-refractivity contribution >= 4 is 11.6 Å². The molecule has 0 aliphatic heterocycles. The second-order valence-corrected chi connectivity index (χ2v) is 4.43. The van der Waals surface area contributed by atoms with E-state index in [0.29, 0.717) is 6.04 Å². The Morgan fingerprint density at radius 1 is 1.44 bits per heavy atom. The molecular formula is C12H20N4. The van der Waals surface area contributed by atoms with Gasteiger partial charge in [-0.3, -0.25) is 0 Å². The first-order chi connectivity index (χ1) is 7.70. The predicted octanol–water partition coefficient (Wildman–Crippen LogP) is 2.21. The average Bonchev–Trinajstić information content (AvgIpc) is 3.08. The lowest BCUT2D eigenvalue weighted by atomic mass is 10.4. The van der Waals surface area contributed by atoms with Gasteiger partial charge in [0.25, 0.3) is 0 Å². The minimum Gasteiger partial charge on any atom is -0.370 e. The molecule has 1 aliphatic carbocycles. The lowest BCUT2D eigenvalue weighted by molar-refractivity contribution is 0.871. The number of hydrogen-bond donors (Lipinski definition) is 1. The van der Waals surface area contributed by atoms with Crippen molar-refractivity contribution in [2.75, 3.05) is 23.8 Å². The summed E-state index contributed by atoms with van der Waals surface area (Å²) in [6.45, 7) is 5.06. The number of rotatable bonds is 5. The van der Waals surface area contributed by atoms with Gasteiger partial charge in [0.1, 0.15) is 17.5 Å². The summed E-state index contributed by atoms with van der Waals surface area (Å²) in [6, 6.07) is 2.73. The molecule has 2 rings (SSSR count). The Morgan fingerprint density at radius 2 is 2.19 bits per heavy atom. The first kappa shape index (κ1) is 11.2. The summed E-state index contributed by atoms with van der Waals surface area (Å²) in [7, 11) is 2.11. The Bertz CT molecular complexity index is 360. The summed E-state index contributed by atoms with van der Waals surface area (Å²) in [4.78, 5) is 11.1. The minimum atomic E-state index is 0.688. The van der Waals surface area contributed by atoms with E-state index in [1.54, 1.807) is 0 Å². The molecule has 0 unspecified atom stereocenters. The van der Waals surface area contributed by atoms with Gasteiger partial charge in [-0.25, -0.2) is 9.97 Å². The topological polar surface area (TPSA) is 41.0 Å². The summed E-state index contributed by atoms with van der Waals surface area (Å²) < 4.78 is 0. The molecule has 0 atom stereocenters. The van der Waals surface area contributed by atoms with Gasteiger partial charge in [-0.15, -0.1) is 0 Å². The van der Waals surface area contributed by atoms with Crippen molar-refractivity contribution < 1.29 is 0 Å². The van der Waals surface area contributed by atoms with E-state index < -0.39 is 0 Å². The van der Waals surface area contributed by atoms with Crippen LogP contribution in [0.5, 0.6) is 0 Å². The van der Waals surface area contributed by atoms with E-state index in [-0.39, 0.29) is 0 Å². The third-order valence-corrected chi connectivity index (χ3v) is 2.84. The van der Waals surface area contributed by atoms with Gasteiger partial charge >= 0.3 is 0 Å². The molecule has 1 aromatic rings. The monoisotopic (exact) mass is 220 g/mol. The fourth-order valence-electron chi connectivity index (χ4n) is 1.73. The van der Waals surface area contributed by atoms with Crippen molar-refractivity contribution in [2.45, 2.75) is 39.2 Å². The average molecular weight is 220 g/mol. The van der Waals surface area contributed by atoms with Crippen LogP contribution in [0.15, 0.2) is 6.07 Å². The fraction of sp³-hybridized carbons (Fsp3) is 0.667. The van der Waals surface area contributed by atoms with Gasteiger partial charge in [0.15, 0.2) is 0 Å². The highest BCUT2D eigenvalue weighted by molar-refractivity contribution is 5.50. The van der Waals surface area contributed by atoms with Crippen molar-refractivity contribution in [3.8, 4) is 0 Å². The Morgan fingerprint density at radius 3 is 2.81 bits per heavy atom. The molecule has 1 aliphatic rings. The molecule has 4 nitrogen and oxygen atoms in total. The summed E-state index contributed by atoms with van der Waals surface area (Å²) in [5, 5.41) is 3.31. The van der Waals surface area contributed by atoms with Gasteiger partial charge in [0, 0.05) is 25.7 Å². The number of anilines is 2. The number of aryl methyl sites for hydroxylation is 1. The highest BCUT2D eigenvalue weighted by atomic mass is 15.2. The van der Waals surface area contributed by atoms with E-state index >= 15 is 0 Å². The lowest BCUT2D eigenvalue weighted by Crippen LogP contribution is -2.21. The first-order valence-electron chi connectivity index (χ1n) is 6.03. The molecule has 1 aromatic heterocycles. The molecular weight excluding hydrogens is 200 g/mol. The van der Waals surface area contributed by atoms with Gasteiger partial charge < -0.3 is 10.2 Å². The summed E-state index contributed by atoms with van der Waals surface area (Å²) in [5.41, 5.74) is 0. The van der Waals surface area contributed by atoms with Crippen molar-refractivity contribution in [1.29, 1.82) is 0 Å². The van der Waals surface area contributed by atoms with Crippen LogP contribution < -0.4 is 10.2 Å². The van der Waals surface area contributed by atoms with Crippen LogP contribution in [0.1, 0.15) is 32.0 Å². The Kier molecular flexibility index (Phi) is 3.27. The molecule has 0 amide bonds. The Labute approximate surface area is 97.1 Å². The van der Waals surface area contributed by atoms with Crippen LogP contribution in [0.25, 0.3) is 0 Å². The normalized spacial score (nSPS) is 14.9. The third-order valence-electron chi connectivity index (χ3n) is 2.84. The molecule has 1 N–H and O–H groups in total. The molecule has 0 bridgehead atoms. The van der Waals surface area contributed by atoms with E-state index in [9.17, 15) is 0 Å². The first-order valence-corrected chi connectivity index (χ1v) is 6.03. The quantitative estimate of drug-likeness (QED) is 0.826. The van der Waals surface area contributed by atoms with Crippen molar-refractivity contribution in [3.05, 3.63) is 11.9 Å². The summed E-state index contributed by atoms with van der Waals surface area (Å²) in [6.07, 6.45) is 3.69. The molecule has 1 fully saturated rings. The molecule has 0 spiro atoms. The van der Waals surface area contributed by atoms with Crippen molar-refractivity contribution in [2.24, 2.45) is 0 Å². The molecule has 0 saturated heterocycles. The SMILES string of the molecule is CCCNc1cc(N(C)C2CC2)nc(C)n1. The smallest absolute Gasteiger partial charge is 0.134 e. The number of hydrogen-bond acceptors (Lipinski definition) is 4. The number of nitrogens with zero attached hydrogens (tertiary/aromatic N) is 3. The second kappa shape index (κ2) is 4.68. The maximum absolute atomic E-state index is 4.48. The molecule has 0 aromatic carbocycles. The van der Waals surface area contributed by atoms with Gasteiger partial charge in [0.05, 0.1) is 0 Å². The van der Waals surface area contributed by atoms with Gasteiger partial charge in [-0.05, 0) is 26.2 Å². The Hall–Kier alpha value is -1.32. The molecule has 88 valence electrons. The molecule has 4 heteroatoms. The molecule has 0 radical (unpaired) electrons. The number of nitrogens with one attached hydrogen (secondary N) is 1. The molecule has 1 saturated carbocycles. The van der Waals surface area contributed by atoms with E-state index in [0.717, 1.165) is 30.4 Å². The number of aromatic nitrogens is 2. The van der Waals surface area contributed by atoms with Crippen LogP contribution in [0, 0.1) is 6.92 Å². The maximum atomic E-state index is 4.48. The van der Waals surface area contributed by atoms with Crippen LogP contribution in [-0.4, -0.2) is 29.6 Å². The largest absolute Gasteiger partial charge is 0.370 e. The maximum Gasteiger partial charge on any atom is 0.134 e. The van der Waals surface area contributed by atoms with Crippen LogP contribution in [0.2, 0.25) is 0 Å². The van der Waals surface area contributed by atoms with Crippen LogP contribution >= 0.6 is 0 Å². The zero-order valence-corrected chi connectivity index (χ0v) is 10.3. The standard InChI is InChI=1S/C12H20N4/c1-4-7-13-11-8-12(15-9(2)14-11)16(3)10-5-6-10/h8,10H,4-7H2,1-3H3,(H,13,14,15). The van der Waals surface area contributed by atoms with E-state index in [2.05, 4.69) is 34.2 Å². The van der Waals surface area contributed by atoms with Gasteiger partial charge in [0.2, 0.25) is 0 Å². The summed E-state index contributed by atoms with van der Waals surface area (Å²) in [5.74, 6) is 2.81.